The van der Waals surface area contributed by atoms with Crippen molar-refractivity contribution in [3.8, 4) is 11.5 Å². The molecule has 0 saturated heterocycles. The third kappa shape index (κ3) is 3.42. The van der Waals surface area contributed by atoms with Gasteiger partial charge in [-0.25, -0.2) is 14.2 Å². The van der Waals surface area contributed by atoms with Crippen molar-refractivity contribution in [3.63, 3.8) is 0 Å². The summed E-state index contributed by atoms with van der Waals surface area (Å²) < 4.78 is 34.4. The van der Waals surface area contributed by atoms with E-state index < -0.39 is 17.5 Å². The van der Waals surface area contributed by atoms with E-state index in [0.29, 0.717) is 34.4 Å². The maximum Gasteiger partial charge on any atom is 0.412 e. The summed E-state index contributed by atoms with van der Waals surface area (Å²) in [6.07, 6.45) is 2.09. The van der Waals surface area contributed by atoms with Crippen molar-refractivity contribution >= 4 is 35.1 Å². The number of amides is 1. The molecule has 0 bridgehead atoms. The van der Waals surface area contributed by atoms with Crippen LogP contribution in [0, 0.1) is 17.7 Å². The van der Waals surface area contributed by atoms with Crippen LogP contribution < -0.4 is 5.32 Å². The molecule has 0 aliphatic heterocycles. The Hall–Kier alpha value is -2.62. The maximum absolute atomic E-state index is 14.5. The first-order valence-electron chi connectivity index (χ1n) is 9.81. The highest BCUT2D eigenvalue weighted by Crippen LogP contribution is 2.50. The molecule has 2 aliphatic rings. The molecule has 1 amide bonds. The molecule has 10 heteroatoms. The highest BCUT2D eigenvalue weighted by molar-refractivity contribution is 7.92. The molecule has 1 fully saturated rings. The molecule has 158 valence electrons. The van der Waals surface area contributed by atoms with Gasteiger partial charge in [0.15, 0.2) is 18.2 Å². The number of ether oxygens (including phenoxy) is 1. The Bertz CT molecular complexity index is 1170. The van der Waals surface area contributed by atoms with Gasteiger partial charge < -0.3 is 9.72 Å². The minimum Gasteiger partial charge on any atom is -0.444 e. The number of carbonyl (C=O) groups excluding carboxylic acids is 1. The Kier molecular flexibility index (Phi) is 4.32. The molecular weight excluding hydrogens is 412 g/mol. The fourth-order valence-electron chi connectivity index (χ4n) is 4.10. The molecule has 30 heavy (non-hydrogen) atoms. The number of aromatic amines is 1. The highest BCUT2D eigenvalue weighted by atomic mass is 32.2. The standard InChI is InChI=1S/C20H21F2N5O2S/c1-20(2,3)29-19(28)25-13-8-15-14(7-12(13)21)23-18(24-15)17-11-5-9-4-10(9)6-16(11)27(26-17)30-22/h7-10H,4-6H2,1-3H3,(H,23,24)(H,25,28). The van der Waals surface area contributed by atoms with Gasteiger partial charge >= 0.3 is 6.09 Å². The van der Waals surface area contributed by atoms with Gasteiger partial charge in [-0.15, -0.1) is 3.89 Å². The quantitative estimate of drug-likeness (QED) is 0.605. The van der Waals surface area contributed by atoms with Gasteiger partial charge in [-0.3, -0.25) is 5.32 Å². The van der Waals surface area contributed by atoms with Gasteiger partial charge in [0, 0.05) is 11.6 Å². The molecule has 2 atom stereocenters. The lowest BCUT2D eigenvalue weighted by Gasteiger charge is -2.19. The molecule has 2 heterocycles. The smallest absolute Gasteiger partial charge is 0.412 e. The molecule has 7 nitrogen and oxygen atoms in total. The van der Waals surface area contributed by atoms with Crippen molar-refractivity contribution in [3.05, 3.63) is 29.2 Å². The number of nitrogens with zero attached hydrogens (tertiary/aromatic N) is 3. The van der Waals surface area contributed by atoms with Crippen molar-refractivity contribution in [1.82, 2.24) is 19.2 Å². The molecule has 1 saturated carbocycles. The van der Waals surface area contributed by atoms with Gasteiger partial charge in [0.1, 0.15) is 17.1 Å². The zero-order chi connectivity index (χ0) is 21.2. The maximum atomic E-state index is 14.5. The average Bonchev–Trinajstić information content (AvgIpc) is 3.15. The van der Waals surface area contributed by atoms with Crippen LogP contribution in [0.25, 0.3) is 22.6 Å². The highest BCUT2D eigenvalue weighted by Gasteiger charge is 2.44. The van der Waals surface area contributed by atoms with Gasteiger partial charge in [0.25, 0.3) is 0 Å². The monoisotopic (exact) mass is 433 g/mol. The fourth-order valence-corrected chi connectivity index (χ4v) is 4.48. The second-order valence-corrected chi connectivity index (χ2v) is 9.43. The van der Waals surface area contributed by atoms with Crippen LogP contribution in [0.2, 0.25) is 0 Å². The number of benzene rings is 1. The summed E-state index contributed by atoms with van der Waals surface area (Å²) in [5.41, 5.74) is 2.71. The minimum absolute atomic E-state index is 0.0255. The topological polar surface area (TPSA) is 84.8 Å². The van der Waals surface area contributed by atoms with Crippen LogP contribution in [0.5, 0.6) is 0 Å². The fraction of sp³-hybridized carbons (Fsp3) is 0.450. The third-order valence-electron chi connectivity index (χ3n) is 5.54. The number of anilines is 1. The van der Waals surface area contributed by atoms with Crippen LogP contribution in [0.3, 0.4) is 0 Å². The number of hydrogen-bond acceptors (Lipinski definition) is 5. The van der Waals surface area contributed by atoms with E-state index in [1.807, 2.05) is 0 Å². The Morgan fingerprint density at radius 1 is 1.33 bits per heavy atom. The second kappa shape index (κ2) is 6.69. The van der Waals surface area contributed by atoms with Gasteiger partial charge in [0.05, 0.1) is 22.4 Å². The lowest BCUT2D eigenvalue weighted by Crippen LogP contribution is -2.27. The minimum atomic E-state index is -0.747. The molecule has 2 N–H and O–H groups in total. The SMILES string of the molecule is CC(C)(C)OC(=O)Nc1cc2nc(-c3nn(SF)c4c3CC3CC3C4)[nH]c2cc1F. The van der Waals surface area contributed by atoms with Gasteiger partial charge in [0.2, 0.25) is 0 Å². The Morgan fingerprint density at radius 2 is 2.10 bits per heavy atom. The van der Waals surface area contributed by atoms with Crippen LogP contribution in [0.1, 0.15) is 38.4 Å². The summed E-state index contributed by atoms with van der Waals surface area (Å²) in [6, 6.07) is 2.71. The van der Waals surface area contributed by atoms with Gasteiger partial charge in [-0.05, 0) is 57.9 Å². The van der Waals surface area contributed by atoms with Crippen LogP contribution in [-0.2, 0) is 17.6 Å². The molecule has 2 aromatic heterocycles. The summed E-state index contributed by atoms with van der Waals surface area (Å²) in [6.45, 7) is 5.18. The number of rotatable bonds is 3. The van der Waals surface area contributed by atoms with E-state index in [4.69, 9.17) is 4.74 Å². The average molecular weight is 433 g/mol. The normalized spacial score (nSPS) is 20.0. The third-order valence-corrected chi connectivity index (χ3v) is 5.98. The summed E-state index contributed by atoms with van der Waals surface area (Å²) in [5.74, 6) is 1.10. The van der Waals surface area contributed by atoms with E-state index in [-0.39, 0.29) is 18.0 Å². The molecule has 5 rings (SSSR count). The largest absolute Gasteiger partial charge is 0.444 e. The first-order valence-corrected chi connectivity index (χ1v) is 10.5. The van der Waals surface area contributed by atoms with Crippen LogP contribution in [0.4, 0.5) is 18.8 Å². The molecule has 0 spiro atoms. The zero-order valence-electron chi connectivity index (χ0n) is 16.8. The van der Waals surface area contributed by atoms with Crippen LogP contribution in [-0.4, -0.2) is 30.8 Å². The van der Waals surface area contributed by atoms with E-state index in [9.17, 15) is 13.1 Å². The van der Waals surface area contributed by atoms with E-state index in [1.165, 1.54) is 16.2 Å². The summed E-state index contributed by atoms with van der Waals surface area (Å²) >= 11 is 0.0850. The predicted octanol–water partition coefficient (Wildman–Crippen LogP) is 5.03. The summed E-state index contributed by atoms with van der Waals surface area (Å²) in [5, 5.41) is 6.81. The molecule has 2 aliphatic carbocycles. The molecule has 2 unspecified atom stereocenters. The summed E-state index contributed by atoms with van der Waals surface area (Å²) in [4.78, 5) is 19.6. The summed E-state index contributed by atoms with van der Waals surface area (Å²) in [7, 11) is 0. The van der Waals surface area contributed by atoms with Crippen molar-refractivity contribution in [1.29, 1.82) is 0 Å². The van der Waals surface area contributed by atoms with E-state index in [0.717, 1.165) is 30.5 Å². The van der Waals surface area contributed by atoms with Crippen LogP contribution >= 0.6 is 12.3 Å². The number of halogens is 2. The number of hydrogen-bond donors (Lipinski definition) is 2. The Balaban J connectivity index is 1.49. The molecule has 1 aromatic carbocycles. The number of aromatic nitrogens is 4. The lowest BCUT2D eigenvalue weighted by molar-refractivity contribution is 0.0635. The number of H-pyrrole nitrogens is 1. The molecule has 0 radical (unpaired) electrons. The zero-order valence-corrected chi connectivity index (χ0v) is 17.6. The van der Waals surface area contributed by atoms with Crippen molar-refractivity contribution in [2.75, 3.05) is 5.32 Å². The first-order chi connectivity index (χ1) is 14.2. The predicted molar refractivity (Wildman–Crippen MR) is 110 cm³/mol. The molecule has 3 aromatic rings. The number of imidazole rings is 1. The Morgan fingerprint density at radius 3 is 2.83 bits per heavy atom. The lowest BCUT2D eigenvalue weighted by atomic mass is 9.96. The number of fused-ring (bicyclic) bond motifs is 3. The first kappa shape index (κ1) is 19.3. The number of carbonyl (C=O) groups is 1. The van der Waals surface area contributed by atoms with E-state index >= 15 is 0 Å². The van der Waals surface area contributed by atoms with Crippen molar-refractivity contribution in [2.45, 2.75) is 45.6 Å². The van der Waals surface area contributed by atoms with Crippen molar-refractivity contribution < 1.29 is 17.8 Å². The Labute approximate surface area is 176 Å². The number of nitrogens with one attached hydrogen (secondary N) is 2. The van der Waals surface area contributed by atoms with Crippen molar-refractivity contribution in [2.24, 2.45) is 11.8 Å². The molecular formula is C20H21F2N5O2S. The second-order valence-electron chi connectivity index (χ2n) is 8.94. The van der Waals surface area contributed by atoms with E-state index in [2.05, 4.69) is 20.4 Å². The van der Waals surface area contributed by atoms with Crippen LogP contribution in [0.15, 0.2) is 12.1 Å². The van der Waals surface area contributed by atoms with E-state index in [1.54, 1.807) is 20.8 Å². The van der Waals surface area contributed by atoms with Gasteiger partial charge in [-0.1, -0.05) is 0 Å². The van der Waals surface area contributed by atoms with Gasteiger partial charge in [-0.2, -0.15) is 9.19 Å².